The molecule has 57 heavy (non-hydrogen) atoms. The topological polar surface area (TPSA) is 156 Å². The van der Waals surface area contributed by atoms with E-state index >= 15 is 0 Å². The standard InChI is InChI=1S/C42H53N11O4/c1-27(28-13-15-35(44-22-28)46-40-45-23-29-21-34(39(56)48(3)4)52(38(29)47-40)30-9-6-7-10-30)50-19-17-42(18-20-50)25-51(26-42)32-11-8-12-33-37(32)49(5)41(57)53(33)31(24-54)14-16-36(55)43-2/h8,11-13,15,21-24,27,30-31H,6-7,9-10,14,16-20,25-26H2,1-5H3,(H,43,55)(H,44,45,46,47). The number of nitrogens with one attached hydrogen (secondary N) is 2. The van der Waals surface area contributed by atoms with E-state index in [-0.39, 0.29) is 47.8 Å². The van der Waals surface area contributed by atoms with Gasteiger partial charge in [0.05, 0.1) is 22.8 Å². The maximum Gasteiger partial charge on any atom is 0.329 e. The Hall–Kier alpha value is -5.57. The number of pyridine rings is 1. The number of hydrogen-bond donors (Lipinski definition) is 2. The van der Waals surface area contributed by atoms with Gasteiger partial charge in [0.25, 0.3) is 5.91 Å². The lowest BCUT2D eigenvalue weighted by Gasteiger charge is -2.55. The number of amides is 2. The zero-order chi connectivity index (χ0) is 40.0. The van der Waals surface area contributed by atoms with Crippen molar-refractivity contribution in [3.63, 3.8) is 0 Å². The summed E-state index contributed by atoms with van der Waals surface area (Å²) in [5, 5.41) is 6.74. The fourth-order valence-electron chi connectivity index (χ4n) is 9.34. The molecule has 0 bridgehead atoms. The number of aldehydes is 1. The average molecular weight is 776 g/mol. The predicted octanol–water partition coefficient (Wildman–Crippen LogP) is 4.97. The minimum atomic E-state index is -0.718. The van der Waals surface area contributed by atoms with E-state index in [9.17, 15) is 19.2 Å². The molecule has 2 N–H and O–H groups in total. The van der Waals surface area contributed by atoms with Crippen molar-refractivity contribution in [3.05, 3.63) is 70.5 Å². The average Bonchev–Trinajstić information content (AvgIpc) is 3.94. The highest BCUT2D eigenvalue weighted by Gasteiger charge is 2.46. The van der Waals surface area contributed by atoms with E-state index in [1.807, 2.05) is 30.5 Å². The third kappa shape index (κ3) is 7.06. The van der Waals surface area contributed by atoms with Gasteiger partial charge in [0, 0.05) is 83.0 Å². The van der Waals surface area contributed by atoms with E-state index in [1.165, 1.54) is 4.57 Å². The van der Waals surface area contributed by atoms with Crippen molar-refractivity contribution < 1.29 is 14.4 Å². The lowest BCUT2D eigenvalue weighted by Crippen LogP contribution is -2.60. The van der Waals surface area contributed by atoms with Crippen LogP contribution in [0.2, 0.25) is 0 Å². The summed E-state index contributed by atoms with van der Waals surface area (Å²) in [5.74, 6) is 0.920. The molecule has 300 valence electrons. The number of fused-ring (bicyclic) bond motifs is 2. The summed E-state index contributed by atoms with van der Waals surface area (Å²) in [6.07, 6.45) is 11.4. The molecule has 2 unspecified atom stereocenters. The third-order valence-corrected chi connectivity index (χ3v) is 12.7. The Morgan fingerprint density at radius 2 is 1.81 bits per heavy atom. The summed E-state index contributed by atoms with van der Waals surface area (Å²) in [5.41, 5.74) is 5.06. The van der Waals surface area contributed by atoms with Crippen LogP contribution in [0.25, 0.3) is 22.1 Å². The van der Waals surface area contributed by atoms with E-state index in [4.69, 9.17) is 9.97 Å². The van der Waals surface area contributed by atoms with Crippen LogP contribution in [0, 0.1) is 5.41 Å². The summed E-state index contributed by atoms with van der Waals surface area (Å²) in [7, 11) is 6.88. The minimum absolute atomic E-state index is 0.0307. The van der Waals surface area contributed by atoms with Gasteiger partial charge >= 0.3 is 5.69 Å². The van der Waals surface area contributed by atoms with Crippen LogP contribution in [0.3, 0.4) is 0 Å². The second kappa shape index (κ2) is 15.4. The van der Waals surface area contributed by atoms with Crippen molar-refractivity contribution in [1.29, 1.82) is 0 Å². The first-order valence-corrected chi connectivity index (χ1v) is 20.2. The number of carbonyl (C=O) groups is 3. The van der Waals surface area contributed by atoms with Gasteiger partial charge in [-0.15, -0.1) is 0 Å². The van der Waals surface area contributed by atoms with Gasteiger partial charge in [0.2, 0.25) is 11.9 Å². The highest BCUT2D eigenvalue weighted by molar-refractivity contribution is 5.98. The fraction of sp³-hybridized carbons (Fsp3) is 0.500. The molecule has 8 rings (SSSR count). The number of likely N-dealkylation sites (tertiary alicyclic amines) is 1. The van der Waals surface area contributed by atoms with Gasteiger partial charge in [-0.05, 0) is 81.9 Å². The van der Waals surface area contributed by atoms with Gasteiger partial charge < -0.3 is 29.8 Å². The van der Waals surface area contributed by atoms with Crippen molar-refractivity contribution in [1.82, 2.24) is 43.8 Å². The molecule has 6 heterocycles. The molecule has 4 aromatic heterocycles. The molecule has 2 atom stereocenters. The maximum absolute atomic E-state index is 13.4. The van der Waals surface area contributed by atoms with Crippen LogP contribution in [-0.2, 0) is 16.6 Å². The Bertz CT molecular complexity index is 2360. The smallest absolute Gasteiger partial charge is 0.329 e. The first-order valence-electron chi connectivity index (χ1n) is 20.2. The first-order chi connectivity index (χ1) is 27.5. The summed E-state index contributed by atoms with van der Waals surface area (Å²) >= 11 is 0. The first kappa shape index (κ1) is 38.3. The van der Waals surface area contributed by atoms with E-state index in [1.54, 1.807) is 43.9 Å². The predicted molar refractivity (Wildman–Crippen MR) is 220 cm³/mol. The molecule has 0 radical (unpaired) electrons. The fourth-order valence-corrected chi connectivity index (χ4v) is 9.34. The van der Waals surface area contributed by atoms with Crippen molar-refractivity contribution in [3.8, 4) is 0 Å². The number of para-hydroxylation sites is 1. The van der Waals surface area contributed by atoms with Crippen LogP contribution in [0.5, 0.6) is 0 Å². The number of piperidine rings is 1. The van der Waals surface area contributed by atoms with Gasteiger partial charge in [0.15, 0.2) is 0 Å². The SMILES string of the molecule is CNC(=O)CCC(C=O)n1c(=O)n(C)c2c(N3CC4(CCN(C(C)c5ccc(Nc6ncc7cc(C(=O)N(C)C)n(C8CCCC8)c7n6)nc5)CC4)C3)cccc21. The van der Waals surface area contributed by atoms with Gasteiger partial charge in [-0.2, -0.15) is 4.98 Å². The van der Waals surface area contributed by atoms with E-state index < -0.39 is 6.04 Å². The zero-order valence-corrected chi connectivity index (χ0v) is 33.6. The number of imidazole rings is 1. The van der Waals surface area contributed by atoms with Gasteiger partial charge in [-0.25, -0.2) is 14.8 Å². The van der Waals surface area contributed by atoms with Gasteiger partial charge in [0.1, 0.15) is 23.4 Å². The molecule has 1 aliphatic carbocycles. The second-order valence-electron chi connectivity index (χ2n) is 16.5. The minimum Gasteiger partial charge on any atom is -0.369 e. The van der Waals surface area contributed by atoms with Crippen molar-refractivity contribution >= 4 is 57.6 Å². The molecule has 5 aromatic rings. The number of benzene rings is 1. The summed E-state index contributed by atoms with van der Waals surface area (Å²) < 4.78 is 5.29. The summed E-state index contributed by atoms with van der Waals surface area (Å²) in [6, 6.07) is 11.6. The van der Waals surface area contributed by atoms with Crippen LogP contribution in [0.1, 0.15) is 92.5 Å². The van der Waals surface area contributed by atoms with Crippen LogP contribution < -0.4 is 21.2 Å². The number of nitrogens with zero attached hydrogens (tertiary/aromatic N) is 9. The number of hydrogen-bond acceptors (Lipinski definition) is 10. The normalized spacial score (nSPS) is 18.2. The maximum atomic E-state index is 13.4. The van der Waals surface area contributed by atoms with E-state index in [0.717, 1.165) is 98.8 Å². The van der Waals surface area contributed by atoms with Gasteiger partial charge in [-0.3, -0.25) is 23.6 Å². The summed E-state index contributed by atoms with van der Waals surface area (Å²) in [4.78, 5) is 71.3. The number of rotatable bonds is 12. The third-order valence-electron chi connectivity index (χ3n) is 12.7. The van der Waals surface area contributed by atoms with Crippen molar-refractivity contribution in [2.45, 2.75) is 76.4 Å². The van der Waals surface area contributed by atoms with Crippen LogP contribution >= 0.6 is 0 Å². The molecule has 2 amide bonds. The molecular formula is C42H53N11O4. The quantitative estimate of drug-likeness (QED) is 0.166. The Kier molecular flexibility index (Phi) is 10.4. The molecule has 2 saturated heterocycles. The Balaban J connectivity index is 0.903. The van der Waals surface area contributed by atoms with Crippen LogP contribution in [0.15, 0.2) is 53.6 Å². The molecule has 1 spiro atoms. The number of aromatic nitrogens is 6. The molecule has 15 heteroatoms. The molecule has 3 aliphatic rings. The number of aryl methyl sites for hydroxylation is 1. The molecule has 15 nitrogen and oxygen atoms in total. The van der Waals surface area contributed by atoms with Crippen molar-refractivity contribution in [2.24, 2.45) is 12.5 Å². The lowest BCUT2D eigenvalue weighted by molar-refractivity contribution is -0.121. The van der Waals surface area contributed by atoms with Crippen molar-refractivity contribution in [2.75, 3.05) is 57.5 Å². The van der Waals surface area contributed by atoms with E-state index in [2.05, 4.69) is 49.0 Å². The van der Waals surface area contributed by atoms with Gasteiger partial charge in [-0.1, -0.05) is 25.0 Å². The monoisotopic (exact) mass is 775 g/mol. The summed E-state index contributed by atoms with van der Waals surface area (Å²) in [6.45, 7) is 6.02. The largest absolute Gasteiger partial charge is 0.369 e. The second-order valence-corrected chi connectivity index (χ2v) is 16.5. The Morgan fingerprint density at radius 1 is 1.05 bits per heavy atom. The molecule has 1 aromatic carbocycles. The number of carbonyl (C=O) groups excluding carboxylic acids is 3. The van der Waals surface area contributed by atoms with E-state index in [0.29, 0.717) is 23.0 Å². The molecule has 1 saturated carbocycles. The molecular weight excluding hydrogens is 723 g/mol. The van der Waals surface area contributed by atoms with Crippen LogP contribution in [-0.4, -0.2) is 104 Å². The highest BCUT2D eigenvalue weighted by Crippen LogP contribution is 2.45. The number of anilines is 3. The Labute approximate surface area is 332 Å². The zero-order valence-electron chi connectivity index (χ0n) is 33.6. The molecule has 2 aliphatic heterocycles. The Morgan fingerprint density at radius 3 is 2.47 bits per heavy atom. The van der Waals surface area contributed by atoms with Crippen LogP contribution in [0.4, 0.5) is 17.5 Å². The highest BCUT2D eigenvalue weighted by atomic mass is 16.2. The molecule has 3 fully saturated rings. The lowest BCUT2D eigenvalue weighted by atomic mass is 9.71.